The van der Waals surface area contributed by atoms with Gasteiger partial charge in [0.15, 0.2) is 5.13 Å². The van der Waals surface area contributed by atoms with E-state index in [1.54, 1.807) is 0 Å². The molecule has 0 unspecified atom stereocenters. The third-order valence-electron chi connectivity index (χ3n) is 4.02. The lowest BCUT2D eigenvalue weighted by Gasteiger charge is -2.07. The molecule has 146 valence electrons. The lowest BCUT2D eigenvalue weighted by molar-refractivity contribution is -0.119. The van der Waals surface area contributed by atoms with Gasteiger partial charge < -0.3 is 15.4 Å². The maximum absolute atomic E-state index is 12.3. The SMILES string of the molecule is CCOc1ccc(NC(=O)Cc2ccc3nc(NC(=O)C(C)C)sc3c2)cc1. The third kappa shape index (κ3) is 5.07. The second-order valence-corrected chi connectivity index (χ2v) is 7.68. The summed E-state index contributed by atoms with van der Waals surface area (Å²) in [6.07, 6.45) is 0.259. The topological polar surface area (TPSA) is 80.3 Å². The van der Waals surface area contributed by atoms with Crippen LogP contribution in [0.15, 0.2) is 42.5 Å². The fourth-order valence-corrected chi connectivity index (χ4v) is 3.51. The number of amides is 2. The van der Waals surface area contributed by atoms with Gasteiger partial charge in [-0.3, -0.25) is 9.59 Å². The first-order chi connectivity index (χ1) is 13.4. The van der Waals surface area contributed by atoms with Crippen LogP contribution in [0.1, 0.15) is 26.3 Å². The van der Waals surface area contributed by atoms with Crippen LogP contribution in [0.25, 0.3) is 10.2 Å². The summed E-state index contributed by atoms with van der Waals surface area (Å²) in [4.78, 5) is 28.6. The minimum Gasteiger partial charge on any atom is -0.494 e. The van der Waals surface area contributed by atoms with E-state index in [1.807, 2.05) is 63.2 Å². The summed E-state index contributed by atoms with van der Waals surface area (Å²) in [6.45, 7) is 6.21. The van der Waals surface area contributed by atoms with Gasteiger partial charge in [0.25, 0.3) is 0 Å². The van der Waals surface area contributed by atoms with E-state index in [2.05, 4.69) is 15.6 Å². The molecule has 3 aromatic rings. The highest BCUT2D eigenvalue weighted by Crippen LogP contribution is 2.27. The van der Waals surface area contributed by atoms with Crippen molar-refractivity contribution in [2.75, 3.05) is 17.2 Å². The van der Waals surface area contributed by atoms with Crippen LogP contribution >= 0.6 is 11.3 Å². The Morgan fingerprint density at radius 2 is 1.86 bits per heavy atom. The molecule has 0 saturated heterocycles. The van der Waals surface area contributed by atoms with E-state index in [4.69, 9.17) is 4.74 Å². The smallest absolute Gasteiger partial charge is 0.228 e. The number of carbonyl (C=O) groups is 2. The van der Waals surface area contributed by atoms with Crippen LogP contribution in [0, 0.1) is 5.92 Å². The number of ether oxygens (including phenoxy) is 1. The molecule has 7 heteroatoms. The van der Waals surface area contributed by atoms with Crippen LogP contribution in [0.3, 0.4) is 0 Å². The highest BCUT2D eigenvalue weighted by atomic mass is 32.1. The van der Waals surface area contributed by atoms with Crippen molar-refractivity contribution in [3.8, 4) is 5.75 Å². The van der Waals surface area contributed by atoms with Crippen molar-refractivity contribution < 1.29 is 14.3 Å². The van der Waals surface area contributed by atoms with E-state index < -0.39 is 0 Å². The minimum absolute atomic E-state index is 0.0611. The molecule has 0 spiro atoms. The number of hydrogen-bond acceptors (Lipinski definition) is 5. The number of thiazole rings is 1. The Bertz CT molecular complexity index is 980. The summed E-state index contributed by atoms with van der Waals surface area (Å²) in [5.74, 6) is 0.515. The Morgan fingerprint density at radius 1 is 1.11 bits per heavy atom. The number of nitrogens with one attached hydrogen (secondary N) is 2. The number of hydrogen-bond donors (Lipinski definition) is 2. The molecule has 0 saturated carbocycles. The Kier molecular flexibility index (Phi) is 6.26. The lowest BCUT2D eigenvalue weighted by atomic mass is 10.1. The number of anilines is 2. The second kappa shape index (κ2) is 8.84. The van der Waals surface area contributed by atoms with E-state index >= 15 is 0 Å². The molecule has 3 rings (SSSR count). The van der Waals surface area contributed by atoms with Crippen LogP contribution < -0.4 is 15.4 Å². The molecule has 0 fully saturated rings. The predicted molar refractivity (Wildman–Crippen MR) is 113 cm³/mol. The van der Waals surface area contributed by atoms with Gasteiger partial charge in [0.2, 0.25) is 11.8 Å². The number of benzene rings is 2. The van der Waals surface area contributed by atoms with Crippen molar-refractivity contribution in [3.63, 3.8) is 0 Å². The first-order valence-corrected chi connectivity index (χ1v) is 9.99. The Balaban J connectivity index is 1.64. The molecular weight excluding hydrogens is 374 g/mol. The van der Waals surface area contributed by atoms with Crippen LogP contribution in [0.4, 0.5) is 10.8 Å². The Labute approximate surface area is 167 Å². The number of rotatable bonds is 7. The van der Waals surface area contributed by atoms with Crippen molar-refractivity contribution in [1.82, 2.24) is 4.98 Å². The van der Waals surface area contributed by atoms with E-state index in [-0.39, 0.29) is 24.2 Å². The van der Waals surface area contributed by atoms with E-state index in [1.165, 1.54) is 11.3 Å². The van der Waals surface area contributed by atoms with Gasteiger partial charge in [-0.05, 0) is 48.9 Å². The molecule has 0 atom stereocenters. The predicted octanol–water partition coefficient (Wildman–Crippen LogP) is 4.47. The molecule has 1 aromatic heterocycles. The van der Waals surface area contributed by atoms with Crippen LogP contribution in [-0.2, 0) is 16.0 Å². The Morgan fingerprint density at radius 3 is 2.54 bits per heavy atom. The summed E-state index contributed by atoms with van der Waals surface area (Å²) < 4.78 is 6.33. The summed E-state index contributed by atoms with van der Waals surface area (Å²) in [5.41, 5.74) is 2.42. The van der Waals surface area contributed by atoms with Gasteiger partial charge in [-0.15, -0.1) is 0 Å². The summed E-state index contributed by atoms with van der Waals surface area (Å²) in [6, 6.07) is 13.0. The zero-order chi connectivity index (χ0) is 20.1. The number of aromatic nitrogens is 1. The molecule has 0 radical (unpaired) electrons. The van der Waals surface area contributed by atoms with Crippen molar-refractivity contribution in [1.29, 1.82) is 0 Å². The molecule has 2 amide bonds. The first kappa shape index (κ1) is 19.8. The molecule has 0 bridgehead atoms. The standard InChI is InChI=1S/C21H23N3O3S/c1-4-27-16-8-6-15(7-9-16)22-19(25)12-14-5-10-17-18(11-14)28-21(23-17)24-20(26)13(2)3/h5-11,13H,4,12H2,1-3H3,(H,22,25)(H,23,24,26). The van der Waals surface area contributed by atoms with Gasteiger partial charge in [-0.2, -0.15) is 0 Å². The summed E-state index contributed by atoms with van der Waals surface area (Å²) in [7, 11) is 0. The highest BCUT2D eigenvalue weighted by Gasteiger charge is 2.12. The van der Waals surface area contributed by atoms with Crippen molar-refractivity contribution >= 4 is 44.2 Å². The maximum atomic E-state index is 12.3. The minimum atomic E-state index is -0.103. The molecule has 0 aliphatic rings. The molecule has 0 aliphatic heterocycles. The van der Waals surface area contributed by atoms with E-state index in [0.29, 0.717) is 11.7 Å². The normalized spacial score (nSPS) is 10.9. The van der Waals surface area contributed by atoms with E-state index in [9.17, 15) is 9.59 Å². The summed E-state index contributed by atoms with van der Waals surface area (Å²) >= 11 is 1.41. The number of carbonyl (C=O) groups excluding carboxylic acids is 2. The van der Waals surface area contributed by atoms with Crippen LogP contribution in [-0.4, -0.2) is 23.4 Å². The van der Waals surface area contributed by atoms with Crippen LogP contribution in [0.2, 0.25) is 0 Å². The highest BCUT2D eigenvalue weighted by molar-refractivity contribution is 7.22. The zero-order valence-electron chi connectivity index (χ0n) is 16.1. The molecule has 2 N–H and O–H groups in total. The van der Waals surface area contributed by atoms with Crippen molar-refractivity contribution in [2.24, 2.45) is 5.92 Å². The van der Waals surface area contributed by atoms with Crippen LogP contribution in [0.5, 0.6) is 5.75 Å². The van der Waals surface area contributed by atoms with Gasteiger partial charge in [-0.25, -0.2) is 4.98 Å². The molecule has 6 nitrogen and oxygen atoms in total. The molecule has 2 aromatic carbocycles. The fraction of sp³-hybridized carbons (Fsp3) is 0.286. The van der Waals surface area contributed by atoms with Gasteiger partial charge in [0.1, 0.15) is 5.75 Å². The quantitative estimate of drug-likeness (QED) is 0.616. The van der Waals surface area contributed by atoms with Gasteiger partial charge >= 0.3 is 0 Å². The summed E-state index contributed by atoms with van der Waals surface area (Å²) in [5, 5.41) is 6.28. The monoisotopic (exact) mass is 397 g/mol. The van der Waals surface area contributed by atoms with Gasteiger partial charge in [0.05, 0.1) is 23.2 Å². The molecular formula is C21H23N3O3S. The zero-order valence-corrected chi connectivity index (χ0v) is 16.9. The Hall–Kier alpha value is -2.93. The van der Waals surface area contributed by atoms with Gasteiger partial charge in [0, 0.05) is 11.6 Å². The molecule has 28 heavy (non-hydrogen) atoms. The number of fused-ring (bicyclic) bond motifs is 1. The van der Waals surface area contributed by atoms with Crippen molar-refractivity contribution in [2.45, 2.75) is 27.2 Å². The molecule has 1 heterocycles. The average Bonchev–Trinajstić information content (AvgIpc) is 3.05. The average molecular weight is 398 g/mol. The second-order valence-electron chi connectivity index (χ2n) is 6.65. The van der Waals surface area contributed by atoms with Crippen molar-refractivity contribution in [3.05, 3.63) is 48.0 Å². The van der Waals surface area contributed by atoms with Gasteiger partial charge in [-0.1, -0.05) is 31.3 Å². The largest absolute Gasteiger partial charge is 0.494 e. The first-order valence-electron chi connectivity index (χ1n) is 9.17. The lowest BCUT2D eigenvalue weighted by Crippen LogP contribution is -2.17. The fourth-order valence-electron chi connectivity index (χ4n) is 2.57. The van der Waals surface area contributed by atoms with E-state index in [0.717, 1.165) is 27.2 Å². The maximum Gasteiger partial charge on any atom is 0.228 e. The third-order valence-corrected chi connectivity index (χ3v) is 4.95. The molecule has 0 aliphatic carbocycles. The number of nitrogens with zero attached hydrogens (tertiary/aromatic N) is 1.